The Morgan fingerprint density at radius 2 is 1.59 bits per heavy atom. The molecule has 0 aliphatic rings. The molecular formula is C31H41N3O3. The topological polar surface area (TPSA) is 54.8 Å². The second kappa shape index (κ2) is 13.7. The number of nitrogens with zero attached hydrogens (tertiary/aromatic N) is 3. The molecule has 198 valence electrons. The smallest absolute Gasteiger partial charge is 0.242 e. The van der Waals surface area contributed by atoms with E-state index >= 15 is 0 Å². The van der Waals surface area contributed by atoms with Gasteiger partial charge in [-0.2, -0.15) is 0 Å². The van der Waals surface area contributed by atoms with E-state index < -0.39 is 0 Å². The summed E-state index contributed by atoms with van der Waals surface area (Å²) in [4.78, 5) is 30.3. The number of benzene rings is 2. The zero-order chi connectivity index (χ0) is 26.8. The van der Waals surface area contributed by atoms with E-state index in [4.69, 9.17) is 4.74 Å². The van der Waals surface area contributed by atoms with Crippen molar-refractivity contribution >= 4 is 11.8 Å². The number of carbonyl (C=O) groups excluding carboxylic acids is 2. The summed E-state index contributed by atoms with van der Waals surface area (Å²) >= 11 is 0. The minimum atomic E-state index is -0.150. The fourth-order valence-corrected chi connectivity index (χ4v) is 4.26. The molecule has 6 nitrogen and oxygen atoms in total. The molecule has 2 amide bonds. The van der Waals surface area contributed by atoms with Crippen LogP contribution in [0, 0.1) is 11.8 Å². The maximum absolute atomic E-state index is 13.7. The maximum Gasteiger partial charge on any atom is 0.242 e. The molecule has 37 heavy (non-hydrogen) atoms. The molecule has 0 unspecified atom stereocenters. The highest BCUT2D eigenvalue weighted by Crippen LogP contribution is 2.18. The van der Waals surface area contributed by atoms with E-state index in [0.717, 1.165) is 29.0 Å². The summed E-state index contributed by atoms with van der Waals surface area (Å²) in [5.41, 5.74) is 3.22. The third-order valence-electron chi connectivity index (χ3n) is 6.44. The fraction of sp³-hybridized carbons (Fsp3) is 0.419. The summed E-state index contributed by atoms with van der Waals surface area (Å²) in [6.45, 7) is 10.4. The summed E-state index contributed by atoms with van der Waals surface area (Å²) in [6, 6.07) is 22.1. The van der Waals surface area contributed by atoms with Gasteiger partial charge in [0, 0.05) is 37.4 Å². The maximum atomic E-state index is 13.7. The minimum absolute atomic E-state index is 0.0232. The molecule has 0 saturated carbocycles. The molecule has 3 aromatic rings. The van der Waals surface area contributed by atoms with Crippen molar-refractivity contribution < 1.29 is 14.3 Å². The number of carbonyl (C=O) groups is 2. The highest BCUT2D eigenvalue weighted by molar-refractivity contribution is 5.85. The number of ether oxygens (including phenoxy) is 1. The quantitative estimate of drug-likeness (QED) is 0.305. The molecule has 0 atom stereocenters. The van der Waals surface area contributed by atoms with E-state index in [0.29, 0.717) is 32.1 Å². The van der Waals surface area contributed by atoms with Crippen LogP contribution in [0.25, 0.3) is 0 Å². The van der Waals surface area contributed by atoms with Crippen LogP contribution < -0.4 is 4.74 Å². The molecule has 0 aliphatic heterocycles. The van der Waals surface area contributed by atoms with E-state index in [2.05, 4.69) is 30.5 Å². The van der Waals surface area contributed by atoms with Crippen molar-refractivity contribution in [3.05, 3.63) is 89.7 Å². The summed E-state index contributed by atoms with van der Waals surface area (Å²) in [7, 11) is 1.67. The predicted molar refractivity (Wildman–Crippen MR) is 148 cm³/mol. The average molecular weight is 504 g/mol. The fourth-order valence-electron chi connectivity index (χ4n) is 4.26. The summed E-state index contributed by atoms with van der Waals surface area (Å²) in [5.74, 6) is 1.11. The van der Waals surface area contributed by atoms with Gasteiger partial charge in [-0.25, -0.2) is 0 Å². The molecule has 0 spiro atoms. The number of aromatic nitrogens is 1. The first-order valence-corrected chi connectivity index (χ1v) is 13.1. The molecule has 0 aliphatic carbocycles. The number of amides is 2. The second-order valence-electron chi connectivity index (χ2n) is 10.3. The molecule has 0 radical (unpaired) electrons. The van der Waals surface area contributed by atoms with Gasteiger partial charge in [0.15, 0.2) is 0 Å². The van der Waals surface area contributed by atoms with Gasteiger partial charge in [0.2, 0.25) is 11.8 Å². The Bertz CT molecular complexity index is 1140. The van der Waals surface area contributed by atoms with Crippen LogP contribution in [0.3, 0.4) is 0 Å². The zero-order valence-corrected chi connectivity index (χ0v) is 22.9. The number of hydrogen-bond donors (Lipinski definition) is 0. The Hall–Kier alpha value is -3.54. The average Bonchev–Trinajstić information content (AvgIpc) is 3.32. The van der Waals surface area contributed by atoms with Gasteiger partial charge < -0.3 is 19.1 Å². The molecule has 0 N–H and O–H groups in total. The van der Waals surface area contributed by atoms with Gasteiger partial charge in [-0.3, -0.25) is 9.59 Å². The molecule has 1 aromatic heterocycles. The van der Waals surface area contributed by atoms with Crippen LogP contribution in [0.4, 0.5) is 0 Å². The highest BCUT2D eigenvalue weighted by Gasteiger charge is 2.24. The minimum Gasteiger partial charge on any atom is -0.497 e. The van der Waals surface area contributed by atoms with Crippen molar-refractivity contribution in [2.24, 2.45) is 11.8 Å². The van der Waals surface area contributed by atoms with Crippen molar-refractivity contribution in [1.29, 1.82) is 0 Å². The summed E-state index contributed by atoms with van der Waals surface area (Å²) in [5, 5.41) is 0. The van der Waals surface area contributed by atoms with Crippen LogP contribution >= 0.6 is 0 Å². The van der Waals surface area contributed by atoms with Crippen LogP contribution in [0.2, 0.25) is 0 Å². The first-order chi connectivity index (χ1) is 17.8. The Balaban J connectivity index is 1.82. The largest absolute Gasteiger partial charge is 0.497 e. The Kier molecular flexibility index (Phi) is 10.4. The van der Waals surface area contributed by atoms with Gasteiger partial charge in [0.05, 0.1) is 20.2 Å². The standard InChI is InChI=1S/C31H41N3O3/c1-24(2)16-18-33(31(36)25(3)4)23-30(35)34(20-26-11-7-6-8-12-26)22-28-14-10-17-32(28)21-27-13-9-15-29(19-27)37-5/h6-15,17,19,24-25H,16,18,20-23H2,1-5H3. The molecule has 6 heteroatoms. The van der Waals surface area contributed by atoms with Crippen LogP contribution in [0.1, 0.15) is 50.9 Å². The predicted octanol–water partition coefficient (Wildman–Crippen LogP) is 5.60. The first-order valence-electron chi connectivity index (χ1n) is 13.1. The van der Waals surface area contributed by atoms with Gasteiger partial charge in [-0.05, 0) is 47.7 Å². The molecule has 1 heterocycles. The van der Waals surface area contributed by atoms with Crippen LogP contribution in [-0.4, -0.2) is 46.4 Å². The van der Waals surface area contributed by atoms with E-state index in [9.17, 15) is 9.59 Å². The van der Waals surface area contributed by atoms with Crippen LogP contribution in [-0.2, 0) is 29.2 Å². The second-order valence-corrected chi connectivity index (χ2v) is 10.3. The molecule has 2 aromatic carbocycles. The van der Waals surface area contributed by atoms with Crippen molar-refractivity contribution in [2.75, 3.05) is 20.2 Å². The molecule has 0 fully saturated rings. The SMILES string of the molecule is COc1cccc(Cn2cccc2CN(Cc2ccccc2)C(=O)CN(CCC(C)C)C(=O)C(C)C)c1. The highest BCUT2D eigenvalue weighted by atomic mass is 16.5. The van der Waals surface area contributed by atoms with E-state index in [1.54, 1.807) is 12.0 Å². The summed E-state index contributed by atoms with van der Waals surface area (Å²) in [6.07, 6.45) is 2.91. The van der Waals surface area contributed by atoms with Crippen molar-refractivity contribution in [3.8, 4) is 5.75 Å². The molecule has 0 saturated heterocycles. The van der Waals surface area contributed by atoms with Gasteiger partial charge in [0.25, 0.3) is 0 Å². The van der Waals surface area contributed by atoms with Crippen LogP contribution in [0.5, 0.6) is 5.75 Å². The Labute approximate surface area is 221 Å². The molecular weight excluding hydrogens is 462 g/mol. The lowest BCUT2D eigenvalue weighted by atomic mass is 10.1. The lowest BCUT2D eigenvalue weighted by Crippen LogP contribution is -2.44. The monoisotopic (exact) mass is 503 g/mol. The molecule has 3 rings (SSSR count). The number of rotatable bonds is 13. The first kappa shape index (κ1) is 28.0. The van der Waals surface area contributed by atoms with Gasteiger partial charge in [0.1, 0.15) is 5.75 Å². The summed E-state index contributed by atoms with van der Waals surface area (Å²) < 4.78 is 7.54. The third-order valence-corrected chi connectivity index (χ3v) is 6.44. The van der Waals surface area contributed by atoms with Gasteiger partial charge in [-0.15, -0.1) is 0 Å². The third kappa shape index (κ3) is 8.52. The zero-order valence-electron chi connectivity index (χ0n) is 22.9. The van der Waals surface area contributed by atoms with Crippen LogP contribution in [0.15, 0.2) is 72.9 Å². The van der Waals surface area contributed by atoms with Crippen molar-refractivity contribution in [2.45, 2.75) is 53.8 Å². The van der Waals surface area contributed by atoms with Crippen molar-refractivity contribution in [1.82, 2.24) is 14.4 Å². The normalized spacial score (nSPS) is 11.1. The number of methoxy groups -OCH3 is 1. The van der Waals surface area contributed by atoms with E-state index in [1.165, 1.54) is 0 Å². The van der Waals surface area contributed by atoms with Crippen molar-refractivity contribution in [3.63, 3.8) is 0 Å². The van der Waals surface area contributed by atoms with Gasteiger partial charge >= 0.3 is 0 Å². The molecule has 0 bridgehead atoms. The number of hydrogen-bond acceptors (Lipinski definition) is 3. The Morgan fingerprint density at radius 1 is 0.865 bits per heavy atom. The van der Waals surface area contributed by atoms with E-state index in [-0.39, 0.29) is 24.3 Å². The Morgan fingerprint density at radius 3 is 2.27 bits per heavy atom. The van der Waals surface area contributed by atoms with Gasteiger partial charge in [-0.1, -0.05) is 70.2 Å². The van der Waals surface area contributed by atoms with E-state index in [1.807, 2.05) is 79.5 Å². The lowest BCUT2D eigenvalue weighted by Gasteiger charge is -2.29. The lowest BCUT2D eigenvalue weighted by molar-refractivity contribution is -0.143.